The molecule has 0 aliphatic carbocycles. The van der Waals surface area contributed by atoms with Gasteiger partial charge in [-0.15, -0.1) is 0 Å². The second-order valence-corrected chi connectivity index (χ2v) is 5.54. The standard InChI is InChI=1S/C16H11ClF3N3O/c17-11-4-1-9(2-5-11)13-14-10(7-21-15(13)24)3-6-12(23-14)22-8-16(18,19)20/h1-7H,8H2,(H,21,24)(H,22,23). The van der Waals surface area contributed by atoms with Crippen LogP contribution < -0.4 is 10.9 Å². The normalized spacial score (nSPS) is 11.7. The first-order chi connectivity index (χ1) is 11.3. The van der Waals surface area contributed by atoms with Crippen molar-refractivity contribution in [2.24, 2.45) is 0 Å². The number of rotatable bonds is 3. The maximum atomic E-state index is 12.3. The van der Waals surface area contributed by atoms with Crippen LogP contribution in [0.1, 0.15) is 0 Å². The van der Waals surface area contributed by atoms with Gasteiger partial charge in [-0.3, -0.25) is 4.79 Å². The fraction of sp³-hybridized carbons (Fsp3) is 0.125. The molecule has 0 atom stereocenters. The Labute approximate surface area is 139 Å². The molecule has 4 nitrogen and oxygen atoms in total. The number of nitrogens with zero attached hydrogens (tertiary/aromatic N) is 1. The van der Waals surface area contributed by atoms with Crippen LogP contribution in [-0.4, -0.2) is 22.7 Å². The molecule has 2 aromatic heterocycles. The van der Waals surface area contributed by atoms with Gasteiger partial charge in [0.1, 0.15) is 12.4 Å². The smallest absolute Gasteiger partial charge is 0.361 e. The Morgan fingerprint density at radius 3 is 2.50 bits per heavy atom. The summed E-state index contributed by atoms with van der Waals surface area (Å²) in [6, 6.07) is 9.59. The summed E-state index contributed by atoms with van der Waals surface area (Å²) in [4.78, 5) is 19.0. The lowest BCUT2D eigenvalue weighted by atomic mass is 10.0. The van der Waals surface area contributed by atoms with Gasteiger partial charge in [0.25, 0.3) is 5.56 Å². The average molecular weight is 354 g/mol. The van der Waals surface area contributed by atoms with Crippen molar-refractivity contribution in [2.45, 2.75) is 6.18 Å². The summed E-state index contributed by atoms with van der Waals surface area (Å²) in [6.07, 6.45) is -2.89. The summed E-state index contributed by atoms with van der Waals surface area (Å²) in [5.74, 6) is 0.0423. The van der Waals surface area contributed by atoms with Gasteiger partial charge in [-0.25, -0.2) is 4.98 Å². The first-order valence-corrected chi connectivity index (χ1v) is 7.30. The van der Waals surface area contributed by atoms with E-state index in [-0.39, 0.29) is 16.9 Å². The predicted octanol–water partition coefficient (Wildman–Crippen LogP) is 4.22. The number of aromatic amines is 1. The monoisotopic (exact) mass is 353 g/mol. The van der Waals surface area contributed by atoms with Crippen LogP contribution in [0.5, 0.6) is 0 Å². The Kier molecular flexibility index (Phi) is 4.19. The van der Waals surface area contributed by atoms with Crippen LogP contribution in [0.3, 0.4) is 0 Å². The van der Waals surface area contributed by atoms with Crippen LogP contribution in [0.25, 0.3) is 22.0 Å². The number of hydrogen-bond acceptors (Lipinski definition) is 3. The van der Waals surface area contributed by atoms with Crippen molar-refractivity contribution in [2.75, 3.05) is 11.9 Å². The molecule has 0 unspecified atom stereocenters. The summed E-state index contributed by atoms with van der Waals surface area (Å²) in [6.45, 7) is -1.20. The molecule has 3 aromatic rings. The third-order valence-electron chi connectivity index (χ3n) is 3.35. The molecule has 2 N–H and O–H groups in total. The number of anilines is 1. The van der Waals surface area contributed by atoms with Crippen LogP contribution in [0.15, 0.2) is 47.4 Å². The molecule has 0 radical (unpaired) electrons. The van der Waals surface area contributed by atoms with Crippen molar-refractivity contribution in [1.82, 2.24) is 9.97 Å². The SMILES string of the molecule is O=c1[nH]cc2ccc(NCC(F)(F)F)nc2c1-c1ccc(Cl)cc1. The van der Waals surface area contributed by atoms with Gasteiger partial charge >= 0.3 is 6.18 Å². The molecule has 1 aromatic carbocycles. The molecule has 0 saturated heterocycles. The van der Waals surface area contributed by atoms with Gasteiger partial charge in [0.05, 0.1) is 11.1 Å². The molecular formula is C16H11ClF3N3O. The number of hydrogen-bond donors (Lipinski definition) is 2. The third kappa shape index (κ3) is 3.51. The Hall–Kier alpha value is -2.54. The highest BCUT2D eigenvalue weighted by Gasteiger charge is 2.26. The Morgan fingerprint density at radius 1 is 1.12 bits per heavy atom. The van der Waals surface area contributed by atoms with Crippen molar-refractivity contribution in [3.05, 3.63) is 58.0 Å². The molecule has 124 valence electrons. The van der Waals surface area contributed by atoms with Crippen molar-refractivity contribution >= 4 is 28.3 Å². The van der Waals surface area contributed by atoms with E-state index in [2.05, 4.69) is 15.3 Å². The van der Waals surface area contributed by atoms with Crippen LogP contribution in [0.4, 0.5) is 19.0 Å². The molecule has 0 amide bonds. The fourth-order valence-corrected chi connectivity index (χ4v) is 2.41. The van der Waals surface area contributed by atoms with Crippen molar-refractivity contribution in [3.8, 4) is 11.1 Å². The number of aromatic nitrogens is 2. The van der Waals surface area contributed by atoms with E-state index in [0.29, 0.717) is 21.5 Å². The van der Waals surface area contributed by atoms with E-state index in [0.717, 1.165) is 0 Å². The number of halogens is 4. The second-order valence-electron chi connectivity index (χ2n) is 5.10. The summed E-state index contributed by atoms with van der Waals surface area (Å²) in [5, 5.41) is 3.33. The molecular weight excluding hydrogens is 343 g/mol. The van der Waals surface area contributed by atoms with E-state index in [1.165, 1.54) is 12.3 Å². The summed E-state index contributed by atoms with van der Waals surface area (Å²) < 4.78 is 37.0. The Morgan fingerprint density at radius 2 is 1.83 bits per heavy atom. The zero-order chi connectivity index (χ0) is 17.3. The minimum Gasteiger partial charge on any atom is -0.361 e. The molecule has 0 aliphatic heterocycles. The fourth-order valence-electron chi connectivity index (χ4n) is 2.28. The van der Waals surface area contributed by atoms with Crippen LogP contribution in [0.2, 0.25) is 5.02 Å². The third-order valence-corrected chi connectivity index (χ3v) is 3.60. The van der Waals surface area contributed by atoms with Gasteiger partial charge in [-0.2, -0.15) is 13.2 Å². The highest BCUT2D eigenvalue weighted by molar-refractivity contribution is 6.30. The molecule has 0 bridgehead atoms. The summed E-state index contributed by atoms with van der Waals surface area (Å²) >= 11 is 5.85. The number of pyridine rings is 2. The summed E-state index contributed by atoms with van der Waals surface area (Å²) in [7, 11) is 0. The van der Waals surface area contributed by atoms with Gasteiger partial charge in [-0.1, -0.05) is 23.7 Å². The first kappa shape index (κ1) is 16.3. The maximum absolute atomic E-state index is 12.3. The molecule has 2 heterocycles. The van der Waals surface area contributed by atoms with E-state index in [1.54, 1.807) is 30.3 Å². The molecule has 3 rings (SSSR count). The van der Waals surface area contributed by atoms with Crippen molar-refractivity contribution in [3.63, 3.8) is 0 Å². The first-order valence-electron chi connectivity index (χ1n) is 6.92. The van der Waals surface area contributed by atoms with Gasteiger partial charge in [0.2, 0.25) is 0 Å². The lowest BCUT2D eigenvalue weighted by Gasteiger charge is -2.11. The van der Waals surface area contributed by atoms with E-state index in [9.17, 15) is 18.0 Å². The van der Waals surface area contributed by atoms with Crippen LogP contribution >= 0.6 is 11.6 Å². The predicted molar refractivity (Wildman–Crippen MR) is 87.4 cm³/mol. The maximum Gasteiger partial charge on any atom is 0.405 e. The van der Waals surface area contributed by atoms with Crippen LogP contribution in [-0.2, 0) is 0 Å². The lowest BCUT2D eigenvalue weighted by molar-refractivity contribution is -0.115. The van der Waals surface area contributed by atoms with Crippen LogP contribution in [0, 0.1) is 0 Å². The van der Waals surface area contributed by atoms with Gasteiger partial charge in [-0.05, 0) is 29.8 Å². The van der Waals surface area contributed by atoms with Crippen molar-refractivity contribution in [1.29, 1.82) is 0 Å². The molecule has 0 spiro atoms. The number of alkyl halides is 3. The van der Waals surface area contributed by atoms with Crippen molar-refractivity contribution < 1.29 is 13.2 Å². The van der Waals surface area contributed by atoms with E-state index in [4.69, 9.17) is 11.6 Å². The minimum absolute atomic E-state index is 0.0423. The number of H-pyrrole nitrogens is 1. The Balaban J connectivity index is 2.11. The molecule has 8 heteroatoms. The number of nitrogens with one attached hydrogen (secondary N) is 2. The van der Waals surface area contributed by atoms with E-state index in [1.807, 2.05) is 0 Å². The second kappa shape index (κ2) is 6.16. The van der Waals surface area contributed by atoms with Gasteiger partial charge < -0.3 is 10.3 Å². The minimum atomic E-state index is -4.36. The Bertz CT molecular complexity index is 936. The molecule has 0 saturated carbocycles. The average Bonchev–Trinajstić information content (AvgIpc) is 2.53. The summed E-state index contributed by atoms with van der Waals surface area (Å²) in [5.41, 5.74) is 0.782. The van der Waals surface area contributed by atoms with E-state index >= 15 is 0 Å². The van der Waals surface area contributed by atoms with Gasteiger partial charge in [0.15, 0.2) is 0 Å². The zero-order valence-electron chi connectivity index (χ0n) is 12.1. The quantitative estimate of drug-likeness (QED) is 0.741. The number of benzene rings is 1. The largest absolute Gasteiger partial charge is 0.405 e. The molecule has 0 fully saturated rings. The molecule has 24 heavy (non-hydrogen) atoms. The van der Waals surface area contributed by atoms with E-state index < -0.39 is 12.7 Å². The highest BCUT2D eigenvalue weighted by atomic mass is 35.5. The zero-order valence-corrected chi connectivity index (χ0v) is 12.9. The highest BCUT2D eigenvalue weighted by Crippen LogP contribution is 2.26. The van der Waals surface area contributed by atoms with Gasteiger partial charge in [0, 0.05) is 16.6 Å². The number of fused-ring (bicyclic) bond motifs is 1. The lowest BCUT2D eigenvalue weighted by Crippen LogP contribution is -2.21. The molecule has 0 aliphatic rings. The topological polar surface area (TPSA) is 57.8 Å².